The highest BCUT2D eigenvalue weighted by atomic mass is 16.3. The Kier molecular flexibility index (Phi) is 5.15. The first-order chi connectivity index (χ1) is 11.6. The smallest absolute Gasteiger partial charge is 0.321 e. The number of carbonyl (C=O) groups is 1. The monoisotopic (exact) mass is 328 g/mol. The van der Waals surface area contributed by atoms with Gasteiger partial charge in [0.2, 0.25) is 0 Å². The maximum atomic E-state index is 12.3. The van der Waals surface area contributed by atoms with Gasteiger partial charge >= 0.3 is 6.03 Å². The molecule has 1 atom stereocenters. The van der Waals surface area contributed by atoms with Gasteiger partial charge in [-0.2, -0.15) is 5.10 Å². The number of piperidine rings is 1. The van der Waals surface area contributed by atoms with Gasteiger partial charge in [0.15, 0.2) is 0 Å². The molecule has 0 aliphatic carbocycles. The third-order valence-corrected chi connectivity index (χ3v) is 4.58. The first-order valence-electron chi connectivity index (χ1n) is 8.42. The number of nitrogens with zero attached hydrogens (tertiary/aromatic N) is 3. The molecule has 1 unspecified atom stereocenters. The number of carbonyl (C=O) groups excluding carboxylic acids is 1. The molecule has 0 spiro atoms. The number of anilines is 1. The topological polar surface area (TPSA) is 70.4 Å². The number of amides is 2. The molecule has 1 aromatic carbocycles. The van der Waals surface area contributed by atoms with E-state index in [1.54, 1.807) is 11.1 Å². The Hall–Kier alpha value is -2.34. The Balaban J connectivity index is 1.52. The Bertz CT molecular complexity index is 661. The zero-order chi connectivity index (χ0) is 16.9. The molecular weight excluding hydrogens is 304 g/mol. The number of urea groups is 1. The summed E-state index contributed by atoms with van der Waals surface area (Å²) in [4.78, 5) is 14.1. The molecule has 0 radical (unpaired) electrons. The molecule has 6 heteroatoms. The van der Waals surface area contributed by atoms with E-state index < -0.39 is 0 Å². The predicted octanol–water partition coefficient (Wildman–Crippen LogP) is 2.56. The van der Waals surface area contributed by atoms with Crippen molar-refractivity contribution < 1.29 is 9.90 Å². The van der Waals surface area contributed by atoms with Crippen molar-refractivity contribution in [1.29, 1.82) is 0 Å². The van der Waals surface area contributed by atoms with Gasteiger partial charge in [-0.05, 0) is 31.2 Å². The molecule has 24 heavy (non-hydrogen) atoms. The molecule has 3 rings (SSSR count). The second kappa shape index (κ2) is 7.49. The van der Waals surface area contributed by atoms with Gasteiger partial charge in [0, 0.05) is 19.3 Å². The number of likely N-dealkylation sites (tertiary alicyclic amines) is 1. The van der Waals surface area contributed by atoms with Crippen LogP contribution in [0.5, 0.6) is 0 Å². The van der Waals surface area contributed by atoms with Crippen molar-refractivity contribution in [2.75, 3.05) is 18.4 Å². The number of aromatic nitrogens is 2. The molecule has 0 bridgehead atoms. The van der Waals surface area contributed by atoms with Crippen LogP contribution in [0.2, 0.25) is 0 Å². The molecule has 1 aliphatic rings. The van der Waals surface area contributed by atoms with Crippen molar-refractivity contribution in [2.45, 2.75) is 32.4 Å². The molecule has 1 saturated heterocycles. The normalized spacial score (nSPS) is 16.8. The van der Waals surface area contributed by atoms with E-state index in [9.17, 15) is 9.90 Å². The van der Waals surface area contributed by atoms with E-state index >= 15 is 0 Å². The lowest BCUT2D eigenvalue weighted by atomic mass is 9.92. The Morgan fingerprint density at radius 3 is 2.71 bits per heavy atom. The fourth-order valence-corrected chi connectivity index (χ4v) is 3.07. The summed E-state index contributed by atoms with van der Waals surface area (Å²) in [7, 11) is 0. The van der Waals surface area contributed by atoms with Crippen LogP contribution in [0.25, 0.3) is 0 Å². The largest absolute Gasteiger partial charge is 0.393 e. The van der Waals surface area contributed by atoms with Gasteiger partial charge in [0.25, 0.3) is 0 Å². The van der Waals surface area contributed by atoms with E-state index in [1.165, 1.54) is 5.56 Å². The predicted molar refractivity (Wildman–Crippen MR) is 92.8 cm³/mol. The minimum atomic E-state index is -0.300. The van der Waals surface area contributed by atoms with Gasteiger partial charge in [0.05, 0.1) is 24.5 Å². The van der Waals surface area contributed by atoms with Crippen molar-refractivity contribution in [3.05, 3.63) is 48.3 Å². The highest BCUT2D eigenvalue weighted by Crippen LogP contribution is 2.21. The summed E-state index contributed by atoms with van der Waals surface area (Å²) in [5, 5.41) is 16.8. The van der Waals surface area contributed by atoms with E-state index in [0.717, 1.165) is 12.8 Å². The van der Waals surface area contributed by atoms with Gasteiger partial charge in [-0.25, -0.2) is 4.79 Å². The van der Waals surface area contributed by atoms with Crippen molar-refractivity contribution in [3.8, 4) is 0 Å². The summed E-state index contributed by atoms with van der Waals surface area (Å²) in [5.74, 6) is 0.294. The summed E-state index contributed by atoms with van der Waals surface area (Å²) in [5.41, 5.74) is 1.87. The number of aliphatic hydroxyl groups excluding tert-OH is 1. The van der Waals surface area contributed by atoms with Crippen molar-refractivity contribution in [2.24, 2.45) is 5.92 Å². The third kappa shape index (κ3) is 4.14. The molecule has 1 aromatic heterocycles. The van der Waals surface area contributed by atoms with Gasteiger partial charge in [-0.15, -0.1) is 0 Å². The maximum absolute atomic E-state index is 12.3. The Labute approximate surface area is 142 Å². The standard InChI is InChI=1S/C18H24N4O2/c1-14(23)16-7-9-21(10-8-16)18(24)20-17-11-19-22(13-17)12-15-5-3-2-4-6-15/h2-6,11,13-14,16,23H,7-10,12H2,1H3,(H,20,24). The Morgan fingerprint density at radius 2 is 2.04 bits per heavy atom. The summed E-state index contributed by atoms with van der Waals surface area (Å²) in [6.45, 7) is 3.86. The molecule has 0 saturated carbocycles. The minimum absolute atomic E-state index is 0.0988. The number of hydrogen-bond acceptors (Lipinski definition) is 3. The molecule has 2 N–H and O–H groups in total. The van der Waals surface area contributed by atoms with Gasteiger partial charge < -0.3 is 15.3 Å². The molecule has 2 amide bonds. The van der Waals surface area contributed by atoms with Crippen LogP contribution >= 0.6 is 0 Å². The molecule has 2 heterocycles. The lowest BCUT2D eigenvalue weighted by molar-refractivity contribution is 0.0820. The summed E-state index contributed by atoms with van der Waals surface area (Å²) in [6.07, 6.45) is 4.90. The fraction of sp³-hybridized carbons (Fsp3) is 0.444. The third-order valence-electron chi connectivity index (χ3n) is 4.58. The van der Waals surface area contributed by atoms with Crippen LogP contribution in [0.4, 0.5) is 10.5 Å². The van der Waals surface area contributed by atoms with E-state index in [2.05, 4.69) is 10.4 Å². The first-order valence-corrected chi connectivity index (χ1v) is 8.42. The van der Waals surface area contributed by atoms with E-state index in [0.29, 0.717) is 31.2 Å². The molecular formula is C18H24N4O2. The lowest BCUT2D eigenvalue weighted by Crippen LogP contribution is -2.42. The minimum Gasteiger partial charge on any atom is -0.393 e. The molecule has 1 aliphatic heterocycles. The van der Waals surface area contributed by atoms with E-state index in [1.807, 2.05) is 48.1 Å². The second-order valence-electron chi connectivity index (χ2n) is 6.41. The number of nitrogens with one attached hydrogen (secondary N) is 1. The summed E-state index contributed by atoms with van der Waals surface area (Å²) in [6, 6.07) is 9.98. The van der Waals surface area contributed by atoms with Gasteiger partial charge in [-0.3, -0.25) is 4.68 Å². The van der Waals surface area contributed by atoms with Crippen molar-refractivity contribution >= 4 is 11.7 Å². The highest BCUT2D eigenvalue weighted by Gasteiger charge is 2.25. The maximum Gasteiger partial charge on any atom is 0.321 e. The average Bonchev–Trinajstić information content (AvgIpc) is 3.02. The van der Waals surface area contributed by atoms with Crippen LogP contribution in [0.15, 0.2) is 42.7 Å². The van der Waals surface area contributed by atoms with Crippen LogP contribution in [-0.2, 0) is 6.54 Å². The van der Waals surface area contributed by atoms with Gasteiger partial charge in [-0.1, -0.05) is 30.3 Å². The molecule has 2 aromatic rings. The van der Waals surface area contributed by atoms with Gasteiger partial charge in [0.1, 0.15) is 0 Å². The van der Waals surface area contributed by atoms with E-state index in [-0.39, 0.29) is 12.1 Å². The number of benzene rings is 1. The highest BCUT2D eigenvalue weighted by molar-refractivity contribution is 5.89. The summed E-state index contributed by atoms with van der Waals surface area (Å²) < 4.78 is 1.81. The second-order valence-corrected chi connectivity index (χ2v) is 6.41. The number of hydrogen-bond donors (Lipinski definition) is 2. The zero-order valence-electron chi connectivity index (χ0n) is 13.9. The van der Waals surface area contributed by atoms with E-state index in [4.69, 9.17) is 0 Å². The van der Waals surface area contributed by atoms with Crippen molar-refractivity contribution in [1.82, 2.24) is 14.7 Å². The fourth-order valence-electron chi connectivity index (χ4n) is 3.07. The zero-order valence-corrected chi connectivity index (χ0v) is 13.9. The quantitative estimate of drug-likeness (QED) is 0.906. The van der Waals surface area contributed by atoms with Crippen LogP contribution in [0, 0.1) is 5.92 Å². The Morgan fingerprint density at radius 1 is 1.33 bits per heavy atom. The van der Waals surface area contributed by atoms with Crippen LogP contribution in [0.3, 0.4) is 0 Å². The lowest BCUT2D eigenvalue weighted by Gasteiger charge is -2.33. The molecule has 128 valence electrons. The molecule has 6 nitrogen and oxygen atoms in total. The SMILES string of the molecule is CC(O)C1CCN(C(=O)Nc2cnn(Cc3ccccc3)c2)CC1. The number of rotatable bonds is 4. The first kappa shape index (κ1) is 16.5. The van der Waals surface area contributed by atoms with Crippen LogP contribution in [0.1, 0.15) is 25.3 Å². The van der Waals surface area contributed by atoms with Crippen LogP contribution in [-0.4, -0.2) is 45.0 Å². The summed E-state index contributed by atoms with van der Waals surface area (Å²) >= 11 is 0. The molecule has 1 fully saturated rings. The van der Waals surface area contributed by atoms with Crippen LogP contribution < -0.4 is 5.32 Å². The number of aliphatic hydroxyl groups is 1. The average molecular weight is 328 g/mol. The van der Waals surface area contributed by atoms with Crippen molar-refractivity contribution in [3.63, 3.8) is 0 Å².